The molecule has 0 aliphatic rings. The number of carbonyl (C=O) groups is 1. The number of nitrogen functional groups attached to an aromatic ring is 1. The number of carbonyl (C=O) groups excluding carboxylic acids is 1. The third-order valence-electron chi connectivity index (χ3n) is 2.32. The number of hydrogen-bond acceptors (Lipinski definition) is 3. The van der Waals surface area contributed by atoms with Crippen LogP contribution in [0.4, 0.5) is 5.69 Å². The van der Waals surface area contributed by atoms with Gasteiger partial charge in [-0.1, -0.05) is 26.0 Å². The van der Waals surface area contributed by atoms with Gasteiger partial charge in [0.05, 0.1) is 12.2 Å². The lowest BCUT2D eigenvalue weighted by molar-refractivity contribution is 0.0527. The summed E-state index contributed by atoms with van der Waals surface area (Å²) >= 11 is 0. The molecular weight excluding hydrogens is 202 g/mol. The Morgan fingerprint density at radius 3 is 2.69 bits per heavy atom. The molecule has 0 heterocycles. The zero-order chi connectivity index (χ0) is 12.1. The van der Waals surface area contributed by atoms with Gasteiger partial charge in [-0.2, -0.15) is 0 Å². The summed E-state index contributed by atoms with van der Waals surface area (Å²) in [5.41, 5.74) is 8.00. The largest absolute Gasteiger partial charge is 0.462 e. The Morgan fingerprint density at radius 2 is 2.12 bits per heavy atom. The van der Waals surface area contributed by atoms with E-state index in [0.29, 0.717) is 23.8 Å². The van der Waals surface area contributed by atoms with Gasteiger partial charge < -0.3 is 10.5 Å². The Hall–Kier alpha value is -1.51. The lowest BCUT2D eigenvalue weighted by atomic mass is 9.99. The second-order valence-corrected chi connectivity index (χ2v) is 4.20. The summed E-state index contributed by atoms with van der Waals surface area (Å²) in [4.78, 5) is 11.6. The van der Waals surface area contributed by atoms with Gasteiger partial charge in [-0.05, 0) is 30.9 Å². The van der Waals surface area contributed by atoms with Gasteiger partial charge in [0, 0.05) is 5.69 Å². The van der Waals surface area contributed by atoms with Gasteiger partial charge in [-0.25, -0.2) is 4.79 Å². The first-order chi connectivity index (χ1) is 7.56. The Kier molecular flexibility index (Phi) is 4.35. The quantitative estimate of drug-likeness (QED) is 0.628. The minimum absolute atomic E-state index is 0.342. The molecule has 16 heavy (non-hydrogen) atoms. The third kappa shape index (κ3) is 2.99. The molecule has 0 radical (unpaired) electrons. The van der Waals surface area contributed by atoms with Crippen LogP contribution >= 0.6 is 0 Å². The van der Waals surface area contributed by atoms with Crippen molar-refractivity contribution in [1.29, 1.82) is 0 Å². The molecule has 0 aliphatic carbocycles. The van der Waals surface area contributed by atoms with Gasteiger partial charge in [0.25, 0.3) is 0 Å². The van der Waals surface area contributed by atoms with Crippen LogP contribution in [0.2, 0.25) is 0 Å². The zero-order valence-corrected chi connectivity index (χ0v) is 10.1. The molecule has 0 bridgehead atoms. The topological polar surface area (TPSA) is 52.3 Å². The van der Waals surface area contributed by atoms with Crippen molar-refractivity contribution in [1.82, 2.24) is 0 Å². The van der Waals surface area contributed by atoms with Crippen molar-refractivity contribution in [3.63, 3.8) is 0 Å². The maximum absolute atomic E-state index is 11.6. The van der Waals surface area contributed by atoms with Crippen molar-refractivity contribution in [2.75, 3.05) is 12.3 Å². The number of hydrogen-bond donors (Lipinski definition) is 1. The highest BCUT2D eigenvalue weighted by molar-refractivity contribution is 5.95. The molecule has 0 saturated heterocycles. The summed E-state index contributed by atoms with van der Waals surface area (Å²) in [5, 5.41) is 0. The molecule has 0 aliphatic heterocycles. The van der Waals surface area contributed by atoms with E-state index in [4.69, 9.17) is 10.5 Å². The van der Waals surface area contributed by atoms with Gasteiger partial charge in [0.1, 0.15) is 0 Å². The van der Waals surface area contributed by atoms with Crippen LogP contribution in [0.1, 0.15) is 36.7 Å². The van der Waals surface area contributed by atoms with Crippen LogP contribution in [0.25, 0.3) is 0 Å². The van der Waals surface area contributed by atoms with Crippen LogP contribution in [-0.2, 0) is 11.2 Å². The average Bonchev–Trinajstić information content (AvgIpc) is 2.21. The molecule has 3 heteroatoms. The lowest BCUT2D eigenvalue weighted by Gasteiger charge is -2.11. The summed E-state index contributed by atoms with van der Waals surface area (Å²) in [6.07, 6.45) is 0.874. The maximum Gasteiger partial charge on any atom is 0.340 e. The monoisotopic (exact) mass is 221 g/mol. The van der Waals surface area contributed by atoms with E-state index in [1.807, 2.05) is 12.1 Å². The summed E-state index contributed by atoms with van der Waals surface area (Å²) in [7, 11) is 0. The Labute approximate surface area is 96.6 Å². The maximum atomic E-state index is 11.6. The van der Waals surface area contributed by atoms with Crippen molar-refractivity contribution in [3.05, 3.63) is 29.3 Å². The number of anilines is 1. The fourth-order valence-electron chi connectivity index (χ4n) is 1.62. The third-order valence-corrected chi connectivity index (χ3v) is 2.32. The van der Waals surface area contributed by atoms with E-state index in [-0.39, 0.29) is 5.97 Å². The number of rotatable bonds is 4. The minimum atomic E-state index is -0.342. The Bertz CT molecular complexity index is 372. The van der Waals surface area contributed by atoms with Gasteiger partial charge in [-0.3, -0.25) is 0 Å². The molecule has 0 amide bonds. The molecule has 1 aromatic carbocycles. The van der Waals surface area contributed by atoms with Gasteiger partial charge in [-0.15, -0.1) is 0 Å². The summed E-state index contributed by atoms with van der Waals surface area (Å²) in [6.45, 7) is 6.39. The minimum Gasteiger partial charge on any atom is -0.462 e. The second-order valence-electron chi connectivity index (χ2n) is 4.20. The average molecular weight is 221 g/mol. The van der Waals surface area contributed by atoms with Crippen molar-refractivity contribution in [2.24, 2.45) is 5.92 Å². The van der Waals surface area contributed by atoms with E-state index in [0.717, 1.165) is 12.0 Å². The molecule has 0 aromatic heterocycles. The Balaban J connectivity index is 2.99. The highest BCUT2D eigenvalue weighted by Crippen LogP contribution is 2.21. The standard InChI is InChI=1S/C13H19NO2/c1-4-16-13(15)11-7-5-6-10(12(11)14)8-9(2)3/h5-7,9H,4,8,14H2,1-3H3. The summed E-state index contributed by atoms with van der Waals surface area (Å²) < 4.78 is 4.95. The van der Waals surface area contributed by atoms with E-state index in [1.54, 1.807) is 13.0 Å². The van der Waals surface area contributed by atoms with Crippen LogP contribution < -0.4 is 5.73 Å². The van der Waals surface area contributed by atoms with E-state index >= 15 is 0 Å². The van der Waals surface area contributed by atoms with Crippen LogP contribution in [0, 0.1) is 5.92 Å². The molecule has 0 unspecified atom stereocenters. The molecule has 1 rings (SSSR count). The predicted octanol–water partition coefficient (Wildman–Crippen LogP) is 2.64. The molecule has 0 atom stereocenters. The fraction of sp³-hybridized carbons (Fsp3) is 0.462. The molecule has 2 N–H and O–H groups in total. The summed E-state index contributed by atoms with van der Waals surface area (Å²) in [5.74, 6) is 0.172. The smallest absolute Gasteiger partial charge is 0.340 e. The molecular formula is C13H19NO2. The molecule has 0 spiro atoms. The Morgan fingerprint density at radius 1 is 1.44 bits per heavy atom. The van der Waals surface area contributed by atoms with Crippen LogP contribution in [0.5, 0.6) is 0 Å². The van der Waals surface area contributed by atoms with Crippen LogP contribution in [0.15, 0.2) is 18.2 Å². The first kappa shape index (κ1) is 12.6. The van der Waals surface area contributed by atoms with E-state index in [9.17, 15) is 4.79 Å². The van der Waals surface area contributed by atoms with Crippen molar-refractivity contribution in [2.45, 2.75) is 27.2 Å². The van der Waals surface area contributed by atoms with E-state index < -0.39 is 0 Å². The number of benzene rings is 1. The number of esters is 1. The van der Waals surface area contributed by atoms with Crippen molar-refractivity contribution >= 4 is 11.7 Å². The first-order valence-electron chi connectivity index (χ1n) is 5.60. The number of para-hydroxylation sites is 1. The predicted molar refractivity (Wildman–Crippen MR) is 65.4 cm³/mol. The highest BCUT2D eigenvalue weighted by Gasteiger charge is 2.13. The lowest BCUT2D eigenvalue weighted by Crippen LogP contribution is -2.10. The highest BCUT2D eigenvalue weighted by atomic mass is 16.5. The van der Waals surface area contributed by atoms with Gasteiger partial charge >= 0.3 is 5.97 Å². The van der Waals surface area contributed by atoms with Crippen LogP contribution in [-0.4, -0.2) is 12.6 Å². The normalized spacial score (nSPS) is 10.5. The fourth-order valence-corrected chi connectivity index (χ4v) is 1.62. The molecule has 88 valence electrons. The van der Waals surface area contributed by atoms with Gasteiger partial charge in [0.2, 0.25) is 0 Å². The summed E-state index contributed by atoms with van der Waals surface area (Å²) in [6, 6.07) is 5.51. The second kappa shape index (κ2) is 5.54. The number of nitrogens with two attached hydrogens (primary N) is 1. The van der Waals surface area contributed by atoms with Crippen molar-refractivity contribution < 1.29 is 9.53 Å². The van der Waals surface area contributed by atoms with Crippen molar-refractivity contribution in [3.8, 4) is 0 Å². The van der Waals surface area contributed by atoms with Crippen LogP contribution in [0.3, 0.4) is 0 Å². The molecule has 3 nitrogen and oxygen atoms in total. The molecule has 1 aromatic rings. The molecule has 0 fully saturated rings. The van der Waals surface area contributed by atoms with Gasteiger partial charge in [0.15, 0.2) is 0 Å². The van der Waals surface area contributed by atoms with E-state index in [1.165, 1.54) is 0 Å². The van der Waals surface area contributed by atoms with E-state index in [2.05, 4.69) is 13.8 Å². The number of ether oxygens (including phenoxy) is 1. The zero-order valence-electron chi connectivity index (χ0n) is 10.1. The molecule has 0 saturated carbocycles. The SMILES string of the molecule is CCOC(=O)c1cccc(CC(C)C)c1N. The first-order valence-corrected chi connectivity index (χ1v) is 5.60.